The van der Waals surface area contributed by atoms with Crippen molar-refractivity contribution in [1.82, 2.24) is 0 Å². The Morgan fingerprint density at radius 2 is 2.43 bits per heavy atom. The molecule has 0 unspecified atom stereocenters. The van der Waals surface area contributed by atoms with E-state index in [1.165, 1.54) is 4.48 Å². The molecule has 0 aromatic rings. The minimum Gasteiger partial charge on any atom is -0.0828 e. The molecule has 0 saturated carbocycles. The van der Waals surface area contributed by atoms with Crippen molar-refractivity contribution in [3.05, 3.63) is 29.1 Å². The maximum Gasteiger partial charge on any atom is 0.0135 e. The van der Waals surface area contributed by atoms with E-state index in [9.17, 15) is 0 Å². The van der Waals surface area contributed by atoms with E-state index in [1.54, 1.807) is 0 Å². The second-order valence-corrected chi connectivity index (χ2v) is 2.34. The summed E-state index contributed by atoms with van der Waals surface area (Å²) in [5, 5.41) is 0. The topological polar surface area (TPSA) is 0 Å². The fourth-order valence-corrected chi connectivity index (χ4v) is 0.869. The molecule has 0 N–H and O–H groups in total. The van der Waals surface area contributed by atoms with Gasteiger partial charge in [0.05, 0.1) is 0 Å². The summed E-state index contributed by atoms with van der Waals surface area (Å²) < 4.78 is 1.17. The molecule has 0 bridgehead atoms. The first-order chi connectivity index (χ1) is 3.39. The third kappa shape index (κ3) is 1.48. The molecular weight excluding hydrogens is 152 g/mol. The van der Waals surface area contributed by atoms with Gasteiger partial charge in [-0.15, -0.1) is 0 Å². The van der Waals surface area contributed by atoms with Gasteiger partial charge in [-0.1, -0.05) is 34.2 Å². The van der Waals surface area contributed by atoms with Crippen LogP contribution in [0.3, 0.4) is 0 Å². The van der Waals surface area contributed by atoms with Gasteiger partial charge in [0.15, 0.2) is 0 Å². The van der Waals surface area contributed by atoms with Crippen LogP contribution in [0.15, 0.2) is 22.7 Å². The highest BCUT2D eigenvalue weighted by Crippen LogP contribution is 2.13. The molecule has 1 heteroatoms. The van der Waals surface area contributed by atoms with E-state index in [-0.39, 0.29) is 0 Å². The second kappa shape index (κ2) is 2.31. The van der Waals surface area contributed by atoms with Gasteiger partial charge in [-0.25, -0.2) is 0 Å². The van der Waals surface area contributed by atoms with Crippen LogP contribution >= 0.6 is 15.9 Å². The van der Waals surface area contributed by atoms with E-state index in [2.05, 4.69) is 40.6 Å². The Kier molecular flexibility index (Phi) is 1.69. The zero-order chi connectivity index (χ0) is 5.11. The number of rotatable bonds is 0. The molecule has 1 radical (unpaired) electrons. The smallest absolute Gasteiger partial charge is 0.0135 e. The van der Waals surface area contributed by atoms with Gasteiger partial charge in [0.25, 0.3) is 0 Å². The molecule has 1 aliphatic rings. The zero-order valence-electron chi connectivity index (χ0n) is 3.89. The molecule has 0 atom stereocenters. The summed E-state index contributed by atoms with van der Waals surface area (Å²) in [7, 11) is 0. The van der Waals surface area contributed by atoms with Crippen LogP contribution in [0, 0.1) is 6.42 Å². The summed E-state index contributed by atoms with van der Waals surface area (Å²) in [5.74, 6) is 0. The average molecular weight is 158 g/mol. The van der Waals surface area contributed by atoms with Crippen LogP contribution in [0.1, 0.15) is 6.42 Å². The summed E-state index contributed by atoms with van der Waals surface area (Å²) >= 11 is 3.33. The van der Waals surface area contributed by atoms with Crippen molar-refractivity contribution in [3.8, 4) is 0 Å². The largest absolute Gasteiger partial charge is 0.0828 e. The van der Waals surface area contributed by atoms with Crippen molar-refractivity contribution in [1.29, 1.82) is 0 Å². The van der Waals surface area contributed by atoms with E-state index in [0.717, 1.165) is 6.42 Å². The molecule has 37 valence electrons. The monoisotopic (exact) mass is 157 g/mol. The molecule has 0 heterocycles. The van der Waals surface area contributed by atoms with Gasteiger partial charge in [-0.3, -0.25) is 0 Å². The highest BCUT2D eigenvalue weighted by atomic mass is 79.9. The highest BCUT2D eigenvalue weighted by Gasteiger charge is 1.88. The van der Waals surface area contributed by atoms with Crippen LogP contribution in [0.2, 0.25) is 0 Å². The standard InChI is InChI=1S/C6H6Br/c7-6-4-2-1-3-5-6/h2-5H,1H2. The average Bonchev–Trinajstić information content (AvgIpc) is 1.69. The Morgan fingerprint density at radius 3 is 2.71 bits per heavy atom. The van der Waals surface area contributed by atoms with Gasteiger partial charge in [0.1, 0.15) is 0 Å². The van der Waals surface area contributed by atoms with E-state index in [1.807, 2.05) is 0 Å². The summed E-state index contributed by atoms with van der Waals surface area (Å²) in [6.07, 6.45) is 9.42. The minimum atomic E-state index is 1.08. The molecular formula is C6H6Br. The fourth-order valence-electron chi connectivity index (χ4n) is 0.495. The summed E-state index contributed by atoms with van der Waals surface area (Å²) in [4.78, 5) is 0. The van der Waals surface area contributed by atoms with Crippen LogP contribution in [0.5, 0.6) is 0 Å². The lowest BCUT2D eigenvalue weighted by atomic mass is 10.2. The van der Waals surface area contributed by atoms with Crippen molar-refractivity contribution < 1.29 is 0 Å². The van der Waals surface area contributed by atoms with Crippen LogP contribution in [0.25, 0.3) is 0 Å². The lowest BCUT2D eigenvalue weighted by molar-refractivity contribution is 1.26. The van der Waals surface area contributed by atoms with E-state index in [4.69, 9.17) is 0 Å². The maximum atomic E-state index is 3.33. The summed E-state index contributed by atoms with van der Waals surface area (Å²) in [6.45, 7) is 0. The Balaban J connectivity index is 2.58. The van der Waals surface area contributed by atoms with Gasteiger partial charge < -0.3 is 0 Å². The maximum absolute atomic E-state index is 3.33. The molecule has 0 nitrogen and oxygen atoms in total. The lowest BCUT2D eigenvalue weighted by Crippen LogP contribution is -1.74. The molecule has 1 aliphatic carbocycles. The molecule has 0 saturated heterocycles. The second-order valence-electron chi connectivity index (χ2n) is 1.43. The lowest BCUT2D eigenvalue weighted by Gasteiger charge is -1.94. The Bertz CT molecular complexity index is 111. The number of hydrogen-bond acceptors (Lipinski definition) is 0. The Morgan fingerprint density at radius 1 is 1.57 bits per heavy atom. The number of allylic oxidation sites excluding steroid dienone is 4. The SMILES string of the molecule is BrC1=C[CH]CC=C1. The molecule has 0 aromatic carbocycles. The van der Waals surface area contributed by atoms with Crippen LogP contribution < -0.4 is 0 Å². The van der Waals surface area contributed by atoms with E-state index >= 15 is 0 Å². The number of hydrogen-bond donors (Lipinski definition) is 0. The van der Waals surface area contributed by atoms with Gasteiger partial charge in [0.2, 0.25) is 0 Å². The van der Waals surface area contributed by atoms with E-state index < -0.39 is 0 Å². The molecule has 0 amide bonds. The molecule has 0 spiro atoms. The van der Waals surface area contributed by atoms with Gasteiger partial charge in [0, 0.05) is 4.48 Å². The fraction of sp³-hybridized carbons (Fsp3) is 0.167. The summed E-state index contributed by atoms with van der Waals surface area (Å²) in [5.41, 5.74) is 0. The van der Waals surface area contributed by atoms with Crippen molar-refractivity contribution in [2.24, 2.45) is 0 Å². The predicted molar refractivity (Wildman–Crippen MR) is 35.1 cm³/mol. The van der Waals surface area contributed by atoms with Crippen LogP contribution in [-0.2, 0) is 0 Å². The van der Waals surface area contributed by atoms with Gasteiger partial charge in [-0.05, 0) is 12.8 Å². The molecule has 0 aromatic heterocycles. The van der Waals surface area contributed by atoms with Crippen molar-refractivity contribution >= 4 is 15.9 Å². The zero-order valence-corrected chi connectivity index (χ0v) is 5.48. The predicted octanol–water partition coefficient (Wildman–Crippen LogP) is 2.43. The molecule has 0 aliphatic heterocycles. The summed E-state index contributed by atoms with van der Waals surface area (Å²) in [6, 6.07) is 0. The van der Waals surface area contributed by atoms with Gasteiger partial charge in [-0.2, -0.15) is 0 Å². The van der Waals surface area contributed by atoms with Gasteiger partial charge >= 0.3 is 0 Å². The molecule has 1 rings (SSSR count). The Hall–Kier alpha value is -0.0400. The minimum absolute atomic E-state index is 1.08. The molecule has 7 heavy (non-hydrogen) atoms. The third-order valence-corrected chi connectivity index (χ3v) is 1.35. The number of halogens is 1. The van der Waals surface area contributed by atoms with E-state index in [0.29, 0.717) is 0 Å². The molecule has 0 fully saturated rings. The van der Waals surface area contributed by atoms with Crippen molar-refractivity contribution in [2.45, 2.75) is 6.42 Å². The normalized spacial score (nSPS) is 19.3. The van der Waals surface area contributed by atoms with Crippen molar-refractivity contribution in [2.75, 3.05) is 0 Å². The quantitative estimate of drug-likeness (QED) is 0.507. The first-order valence-corrected chi connectivity index (χ1v) is 3.04. The third-order valence-electron chi connectivity index (χ3n) is 0.826. The first-order valence-electron chi connectivity index (χ1n) is 2.25. The van der Waals surface area contributed by atoms with Crippen LogP contribution in [0.4, 0.5) is 0 Å². The highest BCUT2D eigenvalue weighted by molar-refractivity contribution is 9.11. The Labute approximate surface area is 52.0 Å². The first kappa shape index (κ1) is 5.10. The van der Waals surface area contributed by atoms with Crippen LogP contribution in [-0.4, -0.2) is 0 Å². The van der Waals surface area contributed by atoms with Crippen molar-refractivity contribution in [3.63, 3.8) is 0 Å².